The molecule has 2 aromatic carbocycles. The number of carbonyl (C=O) groups is 3. The number of nitrogens with one attached hydrogen (secondary N) is 2. The lowest BCUT2D eigenvalue weighted by atomic mass is 10.1. The smallest absolute Gasteiger partial charge is 0.308 e. The first-order valence-corrected chi connectivity index (χ1v) is 12.5. The van der Waals surface area contributed by atoms with Gasteiger partial charge in [-0.25, -0.2) is 0 Å². The van der Waals surface area contributed by atoms with E-state index in [9.17, 15) is 14.4 Å². The molecule has 0 aliphatic carbocycles. The van der Waals surface area contributed by atoms with Gasteiger partial charge in [0, 0.05) is 25.1 Å². The van der Waals surface area contributed by atoms with Crippen LogP contribution in [0.25, 0.3) is 0 Å². The number of carbonyl (C=O) groups excluding carboxylic acids is 3. The fraction of sp³-hybridized carbons (Fsp3) is 0.360. The Morgan fingerprint density at radius 2 is 1.97 bits per heavy atom. The molecule has 186 valence electrons. The molecule has 0 radical (unpaired) electrons. The van der Waals surface area contributed by atoms with Crippen molar-refractivity contribution in [1.82, 2.24) is 15.5 Å². The number of amides is 2. The maximum atomic E-state index is 12.8. The molecule has 0 saturated carbocycles. The van der Waals surface area contributed by atoms with Gasteiger partial charge in [0.25, 0.3) is 5.91 Å². The first-order chi connectivity index (χ1) is 16.7. The minimum absolute atomic E-state index is 0.0755. The van der Waals surface area contributed by atoms with Crippen molar-refractivity contribution in [2.75, 3.05) is 19.7 Å². The molecule has 1 aliphatic rings. The highest BCUT2D eigenvalue weighted by Crippen LogP contribution is 2.26. The summed E-state index contributed by atoms with van der Waals surface area (Å²) in [4.78, 5) is 38.9. The van der Waals surface area contributed by atoms with E-state index in [0.717, 1.165) is 6.42 Å². The SMILES string of the molecule is CC(C)OC(=O)CC1C(=O)NCCN1C(=S)NC(=O)c1ccc(OCCc2ccccc2)c(Br)c1. The molecule has 3 rings (SSSR count). The van der Waals surface area contributed by atoms with Crippen molar-refractivity contribution in [3.63, 3.8) is 0 Å². The normalized spacial score (nSPS) is 15.4. The van der Waals surface area contributed by atoms with Crippen LogP contribution in [0.2, 0.25) is 0 Å². The highest BCUT2D eigenvalue weighted by Gasteiger charge is 2.34. The van der Waals surface area contributed by atoms with Crippen molar-refractivity contribution in [3.05, 3.63) is 64.1 Å². The van der Waals surface area contributed by atoms with Crippen molar-refractivity contribution >= 4 is 51.0 Å². The third-order valence-corrected chi connectivity index (χ3v) is 6.18. The summed E-state index contributed by atoms with van der Waals surface area (Å²) in [5.74, 6) is -0.654. The highest BCUT2D eigenvalue weighted by atomic mass is 79.9. The van der Waals surface area contributed by atoms with Crippen LogP contribution < -0.4 is 15.4 Å². The fourth-order valence-electron chi connectivity index (χ4n) is 3.55. The maximum Gasteiger partial charge on any atom is 0.308 e. The van der Waals surface area contributed by atoms with Gasteiger partial charge in [-0.1, -0.05) is 30.3 Å². The van der Waals surface area contributed by atoms with E-state index in [-0.39, 0.29) is 23.5 Å². The van der Waals surface area contributed by atoms with Gasteiger partial charge in [-0.15, -0.1) is 0 Å². The van der Waals surface area contributed by atoms with E-state index in [1.165, 1.54) is 5.56 Å². The molecular formula is C25H28BrN3O5S. The van der Waals surface area contributed by atoms with Crippen LogP contribution in [0.4, 0.5) is 0 Å². The molecule has 1 unspecified atom stereocenters. The van der Waals surface area contributed by atoms with Crippen molar-refractivity contribution in [1.29, 1.82) is 0 Å². The van der Waals surface area contributed by atoms with Crippen LogP contribution in [0.15, 0.2) is 53.0 Å². The molecule has 2 amide bonds. The number of hydrogen-bond donors (Lipinski definition) is 2. The van der Waals surface area contributed by atoms with Crippen LogP contribution in [0.1, 0.15) is 36.2 Å². The van der Waals surface area contributed by atoms with Gasteiger partial charge in [0.05, 0.1) is 23.6 Å². The molecule has 2 N–H and O–H groups in total. The first kappa shape index (κ1) is 26.6. The quantitative estimate of drug-likeness (QED) is 0.377. The van der Waals surface area contributed by atoms with Crippen molar-refractivity contribution in [3.8, 4) is 5.75 Å². The molecule has 0 aromatic heterocycles. The lowest BCUT2D eigenvalue weighted by Crippen LogP contribution is -2.60. The first-order valence-electron chi connectivity index (χ1n) is 11.3. The van der Waals surface area contributed by atoms with Crippen LogP contribution in [0.3, 0.4) is 0 Å². The molecule has 1 saturated heterocycles. The number of hydrogen-bond acceptors (Lipinski definition) is 6. The van der Waals surface area contributed by atoms with Crippen molar-refractivity contribution < 1.29 is 23.9 Å². The lowest BCUT2D eigenvalue weighted by Gasteiger charge is -2.36. The zero-order valence-corrected chi connectivity index (χ0v) is 22.0. The summed E-state index contributed by atoms with van der Waals surface area (Å²) in [6, 6.07) is 14.2. The minimum Gasteiger partial charge on any atom is -0.492 e. The summed E-state index contributed by atoms with van der Waals surface area (Å²) in [5, 5.41) is 5.46. The third kappa shape index (κ3) is 7.76. The molecule has 8 nitrogen and oxygen atoms in total. The van der Waals surface area contributed by atoms with Gasteiger partial charge >= 0.3 is 5.97 Å². The second kappa shape index (κ2) is 12.6. The highest BCUT2D eigenvalue weighted by molar-refractivity contribution is 9.10. The number of nitrogens with zero attached hydrogens (tertiary/aromatic N) is 1. The molecule has 1 heterocycles. The summed E-state index contributed by atoms with van der Waals surface area (Å²) in [7, 11) is 0. The molecule has 1 atom stereocenters. The number of benzene rings is 2. The number of ether oxygens (including phenoxy) is 2. The second-order valence-electron chi connectivity index (χ2n) is 8.23. The number of thiocarbonyl (C=S) groups is 1. The second-order valence-corrected chi connectivity index (χ2v) is 9.47. The van der Waals surface area contributed by atoms with Crippen molar-refractivity contribution in [2.45, 2.75) is 38.8 Å². The van der Waals surface area contributed by atoms with Gasteiger partial charge in [-0.3, -0.25) is 19.7 Å². The standard InChI is InChI=1S/C25H28BrN3O5S/c1-16(2)34-22(30)15-20-24(32)27-11-12-29(20)25(35)28-23(31)18-8-9-21(19(26)14-18)33-13-10-17-6-4-3-5-7-17/h3-9,14,16,20H,10-13,15H2,1-2H3,(H,27,32)(H,28,31,35). The van der Waals surface area contributed by atoms with Gasteiger partial charge in [0.15, 0.2) is 5.11 Å². The van der Waals surface area contributed by atoms with E-state index in [0.29, 0.717) is 35.5 Å². The van der Waals surface area contributed by atoms with E-state index < -0.39 is 17.9 Å². The average molecular weight is 562 g/mol. The van der Waals surface area contributed by atoms with Gasteiger partial charge in [0.2, 0.25) is 5.91 Å². The molecular weight excluding hydrogens is 534 g/mol. The van der Waals surface area contributed by atoms with E-state index in [2.05, 4.69) is 26.6 Å². The summed E-state index contributed by atoms with van der Waals surface area (Å²) in [6.45, 7) is 4.68. The molecule has 10 heteroatoms. The van der Waals surface area contributed by atoms with Crippen LogP contribution in [-0.2, 0) is 20.7 Å². The Morgan fingerprint density at radius 1 is 1.23 bits per heavy atom. The Balaban J connectivity index is 1.59. The van der Waals surface area contributed by atoms with Crippen LogP contribution in [0, 0.1) is 0 Å². The Labute approximate surface area is 218 Å². The molecule has 2 aromatic rings. The summed E-state index contributed by atoms with van der Waals surface area (Å²) in [5.41, 5.74) is 1.54. The maximum absolute atomic E-state index is 12.8. The van der Waals surface area contributed by atoms with Gasteiger partial charge < -0.3 is 19.7 Å². The van der Waals surface area contributed by atoms with Gasteiger partial charge in [-0.2, -0.15) is 0 Å². The number of rotatable bonds is 8. The molecule has 0 bridgehead atoms. The predicted molar refractivity (Wildman–Crippen MR) is 139 cm³/mol. The summed E-state index contributed by atoms with van der Waals surface area (Å²) < 4.78 is 11.6. The van der Waals surface area contributed by atoms with Gasteiger partial charge in [0.1, 0.15) is 11.8 Å². The van der Waals surface area contributed by atoms with Crippen molar-refractivity contribution in [2.24, 2.45) is 0 Å². The largest absolute Gasteiger partial charge is 0.492 e. The molecule has 35 heavy (non-hydrogen) atoms. The number of piperazine rings is 1. The minimum atomic E-state index is -0.852. The zero-order valence-electron chi connectivity index (χ0n) is 19.6. The van der Waals surface area contributed by atoms with E-state index >= 15 is 0 Å². The zero-order chi connectivity index (χ0) is 25.4. The fourth-order valence-corrected chi connectivity index (χ4v) is 4.36. The van der Waals surface area contributed by atoms with Crippen LogP contribution >= 0.6 is 28.1 Å². The summed E-state index contributed by atoms with van der Waals surface area (Å²) in [6.07, 6.45) is 0.303. The monoisotopic (exact) mass is 561 g/mol. The van der Waals surface area contributed by atoms with Crippen LogP contribution in [0.5, 0.6) is 5.75 Å². The average Bonchev–Trinajstić information content (AvgIpc) is 2.81. The Morgan fingerprint density at radius 3 is 2.66 bits per heavy atom. The molecule has 0 spiro atoms. The Kier molecular flexibility index (Phi) is 9.62. The van der Waals surface area contributed by atoms with E-state index in [1.807, 2.05) is 30.3 Å². The lowest BCUT2D eigenvalue weighted by molar-refractivity contribution is -0.150. The topological polar surface area (TPSA) is 97.0 Å². The molecule has 1 aliphatic heterocycles. The van der Waals surface area contributed by atoms with E-state index in [4.69, 9.17) is 21.7 Å². The van der Waals surface area contributed by atoms with Crippen LogP contribution in [-0.4, -0.2) is 59.6 Å². The van der Waals surface area contributed by atoms with Gasteiger partial charge in [-0.05, 0) is 65.8 Å². The Hall–Kier alpha value is -2.98. The Bertz CT molecular complexity index is 1080. The number of esters is 1. The van der Waals surface area contributed by atoms with E-state index in [1.54, 1.807) is 36.9 Å². The number of halogens is 1. The predicted octanol–water partition coefficient (Wildman–Crippen LogP) is 3.23. The molecule has 1 fully saturated rings. The summed E-state index contributed by atoms with van der Waals surface area (Å²) >= 11 is 8.86. The third-order valence-electron chi connectivity index (χ3n) is 5.22.